The van der Waals surface area contributed by atoms with E-state index in [0.29, 0.717) is 13.1 Å². The number of hydrogen-bond acceptors (Lipinski definition) is 4. The van der Waals surface area contributed by atoms with Gasteiger partial charge < -0.3 is 4.74 Å². The molecule has 0 aliphatic heterocycles. The van der Waals surface area contributed by atoms with Crippen molar-refractivity contribution in [1.29, 1.82) is 0 Å². The van der Waals surface area contributed by atoms with Crippen LogP contribution in [0.25, 0.3) is 0 Å². The molecule has 0 spiro atoms. The lowest BCUT2D eigenvalue weighted by molar-refractivity contribution is -0.156. The van der Waals surface area contributed by atoms with E-state index < -0.39 is 17.6 Å². The first-order chi connectivity index (χ1) is 12.7. The summed E-state index contributed by atoms with van der Waals surface area (Å²) in [4.78, 5) is 26.9. The molecule has 27 heavy (non-hydrogen) atoms. The Labute approximate surface area is 162 Å². The van der Waals surface area contributed by atoms with Gasteiger partial charge in [-0.2, -0.15) is 0 Å². The number of ketones is 1. The minimum atomic E-state index is -0.589. The molecule has 2 rings (SSSR count). The van der Waals surface area contributed by atoms with Gasteiger partial charge >= 0.3 is 5.97 Å². The molecular formula is C23H29NO3. The number of nitrogens with zero attached hydrogens (tertiary/aromatic N) is 1. The molecule has 144 valence electrons. The molecule has 0 unspecified atom stereocenters. The largest absolute Gasteiger partial charge is 0.460 e. The van der Waals surface area contributed by atoms with E-state index in [1.54, 1.807) is 20.8 Å². The Hall–Kier alpha value is -2.46. The predicted molar refractivity (Wildman–Crippen MR) is 107 cm³/mol. The van der Waals surface area contributed by atoms with Gasteiger partial charge in [0, 0.05) is 13.1 Å². The molecule has 0 amide bonds. The van der Waals surface area contributed by atoms with Gasteiger partial charge in [-0.15, -0.1) is 0 Å². The summed E-state index contributed by atoms with van der Waals surface area (Å²) in [6.45, 7) is 8.54. The third kappa shape index (κ3) is 7.35. The van der Waals surface area contributed by atoms with Crippen LogP contribution in [0.4, 0.5) is 0 Å². The lowest BCUT2D eigenvalue weighted by Gasteiger charge is -2.28. The summed E-state index contributed by atoms with van der Waals surface area (Å²) in [6.07, 6.45) is -0.210. The maximum absolute atomic E-state index is 12.7. The third-order valence-corrected chi connectivity index (χ3v) is 4.21. The van der Waals surface area contributed by atoms with Crippen molar-refractivity contribution in [3.05, 3.63) is 71.8 Å². The molecular weight excluding hydrogens is 338 g/mol. The number of Topliss-reactive ketones (excluding diaryl/α,β-unsaturated/α-hetero) is 1. The van der Waals surface area contributed by atoms with Crippen molar-refractivity contribution in [3.63, 3.8) is 0 Å². The van der Waals surface area contributed by atoms with Gasteiger partial charge in [-0.05, 0) is 38.8 Å². The third-order valence-electron chi connectivity index (χ3n) is 4.21. The molecule has 0 radical (unpaired) electrons. The van der Waals surface area contributed by atoms with Gasteiger partial charge in [0.05, 0.1) is 6.04 Å². The second kappa shape index (κ2) is 9.47. The van der Waals surface area contributed by atoms with Crippen LogP contribution in [0.1, 0.15) is 45.2 Å². The number of carbonyl (C=O) groups is 2. The molecule has 0 N–H and O–H groups in total. The Balaban J connectivity index is 2.10. The highest BCUT2D eigenvalue weighted by atomic mass is 16.6. The zero-order valence-corrected chi connectivity index (χ0v) is 16.6. The average Bonchev–Trinajstić information content (AvgIpc) is 2.60. The van der Waals surface area contributed by atoms with Crippen LogP contribution in [-0.2, 0) is 27.4 Å². The molecule has 4 heteroatoms. The molecule has 4 nitrogen and oxygen atoms in total. The van der Waals surface area contributed by atoms with Gasteiger partial charge in [0.25, 0.3) is 0 Å². The second-order valence-electron chi connectivity index (χ2n) is 7.78. The van der Waals surface area contributed by atoms with Gasteiger partial charge in [0.1, 0.15) is 12.0 Å². The first-order valence-electron chi connectivity index (χ1n) is 9.31. The number of esters is 1. The minimum Gasteiger partial charge on any atom is -0.460 e. The number of rotatable bonds is 8. The van der Waals surface area contributed by atoms with Crippen LogP contribution in [0.5, 0.6) is 0 Å². The first-order valence-corrected chi connectivity index (χ1v) is 9.31. The normalized spacial score (nSPS) is 12.6. The van der Waals surface area contributed by atoms with Crippen LogP contribution < -0.4 is 0 Å². The summed E-state index contributed by atoms with van der Waals surface area (Å²) in [7, 11) is 0. The molecule has 0 bridgehead atoms. The van der Waals surface area contributed by atoms with Crippen LogP contribution in [0, 0.1) is 0 Å². The van der Waals surface area contributed by atoms with E-state index in [1.807, 2.05) is 67.6 Å². The Morgan fingerprint density at radius 2 is 1.33 bits per heavy atom. The summed E-state index contributed by atoms with van der Waals surface area (Å²) >= 11 is 0. The summed E-state index contributed by atoms with van der Waals surface area (Å²) < 4.78 is 5.30. The molecule has 1 atom stereocenters. The first kappa shape index (κ1) is 20.8. The lowest BCUT2D eigenvalue weighted by Crippen LogP contribution is -2.39. The summed E-state index contributed by atoms with van der Waals surface area (Å²) in [5.74, 6) is -0.602. The Bertz CT molecular complexity index is 694. The predicted octanol–water partition coefficient (Wildman–Crippen LogP) is 4.38. The number of carbonyl (C=O) groups excluding carboxylic acids is 2. The van der Waals surface area contributed by atoms with Crippen molar-refractivity contribution in [2.45, 2.75) is 58.8 Å². The minimum absolute atomic E-state index is 0.129. The van der Waals surface area contributed by atoms with Crippen LogP contribution in [-0.4, -0.2) is 28.3 Å². The van der Waals surface area contributed by atoms with Gasteiger partial charge in [0.15, 0.2) is 5.78 Å². The molecule has 0 heterocycles. The van der Waals surface area contributed by atoms with Gasteiger partial charge in [-0.3, -0.25) is 14.5 Å². The van der Waals surface area contributed by atoms with Crippen molar-refractivity contribution in [2.75, 3.05) is 0 Å². The van der Waals surface area contributed by atoms with E-state index in [-0.39, 0.29) is 12.2 Å². The van der Waals surface area contributed by atoms with Gasteiger partial charge in [-0.1, -0.05) is 60.7 Å². The smallest absolute Gasteiger partial charge is 0.313 e. The number of hydrogen-bond donors (Lipinski definition) is 0. The quantitative estimate of drug-likeness (QED) is 0.513. The highest BCUT2D eigenvalue weighted by Crippen LogP contribution is 2.16. The van der Waals surface area contributed by atoms with Crippen molar-refractivity contribution >= 4 is 11.8 Å². The van der Waals surface area contributed by atoms with E-state index in [0.717, 1.165) is 11.1 Å². The van der Waals surface area contributed by atoms with E-state index >= 15 is 0 Å². The monoisotopic (exact) mass is 367 g/mol. The fourth-order valence-electron chi connectivity index (χ4n) is 2.84. The van der Waals surface area contributed by atoms with Crippen LogP contribution in [0.15, 0.2) is 60.7 Å². The maximum Gasteiger partial charge on any atom is 0.313 e. The zero-order valence-electron chi connectivity index (χ0n) is 16.6. The van der Waals surface area contributed by atoms with Crippen molar-refractivity contribution in [1.82, 2.24) is 4.90 Å². The van der Waals surface area contributed by atoms with Crippen LogP contribution in [0.3, 0.4) is 0 Å². The van der Waals surface area contributed by atoms with Crippen LogP contribution >= 0.6 is 0 Å². The van der Waals surface area contributed by atoms with E-state index in [2.05, 4.69) is 4.90 Å². The average molecular weight is 367 g/mol. The zero-order chi connectivity index (χ0) is 19.9. The standard InChI is InChI=1S/C23H29NO3/c1-18(21(25)15-22(26)27-23(2,3)4)24(16-19-11-7-5-8-12-19)17-20-13-9-6-10-14-20/h5-14,18H,15-17H2,1-4H3/t18-/m1/s1. The van der Waals surface area contributed by atoms with E-state index in [4.69, 9.17) is 4.74 Å². The van der Waals surface area contributed by atoms with E-state index in [9.17, 15) is 9.59 Å². The second-order valence-corrected chi connectivity index (χ2v) is 7.78. The Morgan fingerprint density at radius 3 is 1.74 bits per heavy atom. The van der Waals surface area contributed by atoms with Crippen molar-refractivity contribution in [2.24, 2.45) is 0 Å². The fraction of sp³-hybridized carbons (Fsp3) is 0.391. The summed E-state index contributed by atoms with van der Waals surface area (Å²) in [6, 6.07) is 19.7. The fourth-order valence-corrected chi connectivity index (χ4v) is 2.84. The van der Waals surface area contributed by atoms with E-state index in [1.165, 1.54) is 0 Å². The Kier molecular flexibility index (Phi) is 7.31. The number of ether oxygens (including phenoxy) is 1. The van der Waals surface area contributed by atoms with Gasteiger partial charge in [-0.25, -0.2) is 0 Å². The number of benzene rings is 2. The highest BCUT2D eigenvalue weighted by molar-refractivity contribution is 5.98. The topological polar surface area (TPSA) is 46.6 Å². The molecule has 0 saturated heterocycles. The molecule has 0 aromatic heterocycles. The van der Waals surface area contributed by atoms with Crippen molar-refractivity contribution < 1.29 is 14.3 Å². The Morgan fingerprint density at radius 1 is 0.889 bits per heavy atom. The molecule has 2 aromatic carbocycles. The lowest BCUT2D eigenvalue weighted by atomic mass is 10.1. The molecule has 0 aliphatic rings. The highest BCUT2D eigenvalue weighted by Gasteiger charge is 2.26. The molecule has 0 aliphatic carbocycles. The van der Waals surface area contributed by atoms with Crippen LogP contribution in [0.2, 0.25) is 0 Å². The molecule has 0 fully saturated rings. The van der Waals surface area contributed by atoms with Gasteiger partial charge in [0.2, 0.25) is 0 Å². The SMILES string of the molecule is C[C@H](C(=O)CC(=O)OC(C)(C)C)N(Cc1ccccc1)Cc1ccccc1. The maximum atomic E-state index is 12.7. The molecule has 0 saturated carbocycles. The summed E-state index contributed by atoms with van der Waals surface area (Å²) in [5.41, 5.74) is 1.67. The molecule has 2 aromatic rings. The van der Waals surface area contributed by atoms with Crippen molar-refractivity contribution in [3.8, 4) is 0 Å². The summed E-state index contributed by atoms with van der Waals surface area (Å²) in [5, 5.41) is 0.